The quantitative estimate of drug-likeness (QED) is 0.670. The average Bonchev–Trinajstić information content (AvgIpc) is 2.52. The fourth-order valence-electron chi connectivity index (χ4n) is 0.702. The molecule has 0 bridgehead atoms. The molecule has 3 nitrogen and oxygen atoms in total. The SMILES string of the molecule is CCCNC(=S)n1cccn1. The maximum atomic E-state index is 5.03. The summed E-state index contributed by atoms with van der Waals surface area (Å²) in [7, 11) is 0. The van der Waals surface area contributed by atoms with Crippen molar-refractivity contribution in [3.05, 3.63) is 18.5 Å². The molecule has 0 aliphatic rings. The summed E-state index contributed by atoms with van der Waals surface area (Å²) in [5, 5.41) is 7.71. The molecule has 0 radical (unpaired) electrons. The highest BCUT2D eigenvalue weighted by molar-refractivity contribution is 7.80. The summed E-state index contributed by atoms with van der Waals surface area (Å²) in [6, 6.07) is 1.85. The Labute approximate surface area is 71.4 Å². The van der Waals surface area contributed by atoms with Gasteiger partial charge in [0.1, 0.15) is 0 Å². The Morgan fingerprint density at radius 3 is 3.09 bits per heavy atom. The van der Waals surface area contributed by atoms with E-state index < -0.39 is 0 Å². The topological polar surface area (TPSA) is 29.9 Å². The summed E-state index contributed by atoms with van der Waals surface area (Å²) in [5.74, 6) is 0. The maximum Gasteiger partial charge on any atom is 0.193 e. The van der Waals surface area contributed by atoms with Crippen molar-refractivity contribution in [1.29, 1.82) is 0 Å². The second kappa shape index (κ2) is 4.08. The monoisotopic (exact) mass is 169 g/mol. The molecule has 0 atom stereocenters. The van der Waals surface area contributed by atoms with E-state index in [1.807, 2.05) is 12.3 Å². The highest BCUT2D eigenvalue weighted by Crippen LogP contribution is 1.83. The highest BCUT2D eigenvalue weighted by Gasteiger charge is 1.95. The number of nitrogens with zero attached hydrogens (tertiary/aromatic N) is 2. The normalized spacial score (nSPS) is 9.55. The van der Waals surface area contributed by atoms with Crippen molar-refractivity contribution in [2.24, 2.45) is 0 Å². The Hall–Kier alpha value is -0.900. The predicted octanol–water partition coefficient (Wildman–Crippen LogP) is 1.02. The van der Waals surface area contributed by atoms with E-state index in [-0.39, 0.29) is 0 Å². The summed E-state index contributed by atoms with van der Waals surface area (Å²) < 4.78 is 1.64. The van der Waals surface area contributed by atoms with Crippen LogP contribution in [0.25, 0.3) is 0 Å². The number of thiocarbonyl (C=S) groups is 1. The molecule has 60 valence electrons. The van der Waals surface area contributed by atoms with Gasteiger partial charge in [0.15, 0.2) is 5.11 Å². The minimum atomic E-state index is 0.664. The first-order valence-corrected chi connectivity index (χ1v) is 4.03. The molecule has 1 aromatic rings. The summed E-state index contributed by atoms with van der Waals surface area (Å²) in [5.41, 5.74) is 0. The van der Waals surface area contributed by atoms with Crippen LogP contribution in [0, 0.1) is 0 Å². The largest absolute Gasteiger partial charge is 0.361 e. The van der Waals surface area contributed by atoms with Gasteiger partial charge in [-0.3, -0.25) is 0 Å². The molecule has 0 aliphatic carbocycles. The third-order valence-corrected chi connectivity index (χ3v) is 1.57. The molecule has 4 heteroatoms. The van der Waals surface area contributed by atoms with E-state index in [9.17, 15) is 0 Å². The van der Waals surface area contributed by atoms with E-state index in [4.69, 9.17) is 12.2 Å². The van der Waals surface area contributed by atoms with Crippen molar-refractivity contribution >= 4 is 17.3 Å². The molecule has 0 aliphatic heterocycles. The van der Waals surface area contributed by atoms with Gasteiger partial charge in [-0.1, -0.05) is 6.92 Å². The molecule has 0 saturated carbocycles. The second-order valence-electron chi connectivity index (χ2n) is 2.18. The minimum Gasteiger partial charge on any atom is -0.361 e. The predicted molar refractivity (Wildman–Crippen MR) is 48.5 cm³/mol. The standard InChI is InChI=1S/C7H11N3S/c1-2-4-8-7(11)10-6-3-5-9-10/h3,5-6H,2,4H2,1H3,(H,8,11). The molecule has 11 heavy (non-hydrogen) atoms. The lowest BCUT2D eigenvalue weighted by atomic mass is 10.5. The van der Waals surface area contributed by atoms with Crippen LogP contribution in [-0.2, 0) is 0 Å². The van der Waals surface area contributed by atoms with Gasteiger partial charge in [-0.05, 0) is 24.7 Å². The van der Waals surface area contributed by atoms with Crippen LogP contribution in [0.5, 0.6) is 0 Å². The lowest BCUT2D eigenvalue weighted by molar-refractivity contribution is 0.800. The molecule has 0 aromatic carbocycles. The lowest BCUT2D eigenvalue weighted by Crippen LogP contribution is -2.28. The van der Waals surface area contributed by atoms with Gasteiger partial charge in [0.05, 0.1) is 0 Å². The molecule has 0 fully saturated rings. The zero-order chi connectivity index (χ0) is 8.10. The molecule has 1 aromatic heterocycles. The van der Waals surface area contributed by atoms with E-state index in [0.717, 1.165) is 13.0 Å². The van der Waals surface area contributed by atoms with Crippen LogP contribution in [-0.4, -0.2) is 21.4 Å². The van der Waals surface area contributed by atoms with Crippen LogP contribution < -0.4 is 5.32 Å². The third-order valence-electron chi connectivity index (χ3n) is 1.24. The molecular formula is C7H11N3S. The smallest absolute Gasteiger partial charge is 0.193 e. The van der Waals surface area contributed by atoms with Gasteiger partial charge in [-0.15, -0.1) is 0 Å². The maximum absolute atomic E-state index is 5.03. The van der Waals surface area contributed by atoms with Gasteiger partial charge < -0.3 is 5.32 Å². The van der Waals surface area contributed by atoms with Crippen molar-refractivity contribution in [3.63, 3.8) is 0 Å². The van der Waals surface area contributed by atoms with Gasteiger partial charge in [0.2, 0.25) is 0 Å². The Morgan fingerprint density at radius 1 is 1.73 bits per heavy atom. The van der Waals surface area contributed by atoms with Crippen LogP contribution >= 0.6 is 12.2 Å². The van der Waals surface area contributed by atoms with Gasteiger partial charge in [0.25, 0.3) is 0 Å². The van der Waals surface area contributed by atoms with E-state index in [2.05, 4.69) is 17.3 Å². The minimum absolute atomic E-state index is 0.664. The fourth-order valence-corrected chi connectivity index (χ4v) is 0.912. The molecular weight excluding hydrogens is 158 g/mol. The van der Waals surface area contributed by atoms with E-state index in [1.165, 1.54) is 0 Å². The Bertz CT molecular complexity index is 218. The molecule has 1 rings (SSSR count). The molecule has 0 amide bonds. The number of hydrogen-bond donors (Lipinski definition) is 1. The summed E-state index contributed by atoms with van der Waals surface area (Å²) >= 11 is 5.03. The first kappa shape index (κ1) is 8.20. The summed E-state index contributed by atoms with van der Waals surface area (Å²) in [6.45, 7) is 3.00. The Kier molecular flexibility index (Phi) is 3.04. The Morgan fingerprint density at radius 2 is 2.55 bits per heavy atom. The number of nitrogens with one attached hydrogen (secondary N) is 1. The van der Waals surface area contributed by atoms with Crippen molar-refractivity contribution < 1.29 is 0 Å². The van der Waals surface area contributed by atoms with Crippen LogP contribution in [0.15, 0.2) is 18.5 Å². The van der Waals surface area contributed by atoms with Crippen molar-refractivity contribution in [2.75, 3.05) is 6.54 Å². The number of aromatic nitrogens is 2. The van der Waals surface area contributed by atoms with Crippen LogP contribution in [0.3, 0.4) is 0 Å². The molecule has 0 unspecified atom stereocenters. The van der Waals surface area contributed by atoms with Gasteiger partial charge in [0, 0.05) is 18.9 Å². The Balaban J connectivity index is 2.43. The molecule has 1 N–H and O–H groups in total. The van der Waals surface area contributed by atoms with Gasteiger partial charge >= 0.3 is 0 Å². The van der Waals surface area contributed by atoms with E-state index >= 15 is 0 Å². The lowest BCUT2D eigenvalue weighted by Gasteiger charge is -2.04. The first-order chi connectivity index (χ1) is 5.34. The first-order valence-electron chi connectivity index (χ1n) is 3.62. The third kappa shape index (κ3) is 2.31. The molecule has 0 saturated heterocycles. The van der Waals surface area contributed by atoms with Crippen LogP contribution in [0.1, 0.15) is 13.3 Å². The van der Waals surface area contributed by atoms with Crippen LogP contribution in [0.4, 0.5) is 0 Å². The average molecular weight is 169 g/mol. The zero-order valence-electron chi connectivity index (χ0n) is 6.45. The molecule has 1 heterocycles. The fraction of sp³-hybridized carbons (Fsp3) is 0.429. The summed E-state index contributed by atoms with van der Waals surface area (Å²) in [4.78, 5) is 0. The van der Waals surface area contributed by atoms with Crippen molar-refractivity contribution in [3.8, 4) is 0 Å². The zero-order valence-corrected chi connectivity index (χ0v) is 7.27. The van der Waals surface area contributed by atoms with Crippen LogP contribution in [0.2, 0.25) is 0 Å². The number of rotatable bonds is 2. The second-order valence-corrected chi connectivity index (χ2v) is 2.57. The van der Waals surface area contributed by atoms with E-state index in [1.54, 1.807) is 10.9 Å². The van der Waals surface area contributed by atoms with Crippen molar-refractivity contribution in [2.45, 2.75) is 13.3 Å². The van der Waals surface area contributed by atoms with Gasteiger partial charge in [-0.2, -0.15) is 5.10 Å². The molecule has 0 spiro atoms. The van der Waals surface area contributed by atoms with Crippen molar-refractivity contribution in [1.82, 2.24) is 15.1 Å². The number of hydrogen-bond acceptors (Lipinski definition) is 2. The highest BCUT2D eigenvalue weighted by atomic mass is 32.1. The van der Waals surface area contributed by atoms with Gasteiger partial charge in [-0.25, -0.2) is 4.68 Å². The van der Waals surface area contributed by atoms with E-state index in [0.29, 0.717) is 5.11 Å². The summed E-state index contributed by atoms with van der Waals surface area (Å²) in [6.07, 6.45) is 4.60.